The monoisotopic (exact) mass is 517 g/mol. The van der Waals surface area contributed by atoms with Gasteiger partial charge in [-0.2, -0.15) is 0 Å². The van der Waals surface area contributed by atoms with Crippen LogP contribution in [-0.4, -0.2) is 51.4 Å². The Balaban J connectivity index is 1.85. The standard InChI is InChI=1S/C25H25ClFN3O6/c1-14-23(31)30(13-15-5-7-17(34-3)12-20(15)35-4)21(25(14,2)36-24(32)33)22-28-9-10-29(22)16-6-8-19(27)18(26)11-16/h5-12,14,21H,13H2,1-4H3,(H,32,33)/t14?,21-,25-/m1/s1. The third-order valence-corrected chi connectivity index (χ3v) is 6.89. The Morgan fingerprint density at radius 3 is 2.61 bits per heavy atom. The molecule has 4 rings (SSSR count). The summed E-state index contributed by atoms with van der Waals surface area (Å²) >= 11 is 6.01. The van der Waals surface area contributed by atoms with Gasteiger partial charge in [-0.1, -0.05) is 11.6 Å². The second kappa shape index (κ2) is 9.69. The number of imidazole rings is 1. The zero-order valence-electron chi connectivity index (χ0n) is 20.1. The number of likely N-dealkylation sites (tertiary alicyclic amines) is 1. The Kier molecular flexibility index (Phi) is 6.81. The number of hydrogen-bond acceptors (Lipinski definition) is 6. The molecule has 0 saturated carbocycles. The molecular weight excluding hydrogens is 493 g/mol. The average molecular weight is 518 g/mol. The molecular formula is C25H25ClFN3O6. The van der Waals surface area contributed by atoms with E-state index in [1.165, 1.54) is 43.5 Å². The van der Waals surface area contributed by atoms with Crippen molar-refractivity contribution < 1.29 is 33.3 Å². The fourth-order valence-electron chi connectivity index (χ4n) is 4.60. The summed E-state index contributed by atoms with van der Waals surface area (Å²) in [6, 6.07) is 8.44. The fourth-order valence-corrected chi connectivity index (χ4v) is 4.78. The summed E-state index contributed by atoms with van der Waals surface area (Å²) < 4.78 is 31.6. The molecule has 0 radical (unpaired) electrons. The molecule has 190 valence electrons. The van der Waals surface area contributed by atoms with E-state index in [1.54, 1.807) is 42.8 Å². The molecule has 1 fully saturated rings. The van der Waals surface area contributed by atoms with Crippen LogP contribution in [-0.2, 0) is 16.1 Å². The van der Waals surface area contributed by atoms with E-state index in [0.29, 0.717) is 28.6 Å². The second-order valence-electron chi connectivity index (χ2n) is 8.57. The number of hydrogen-bond donors (Lipinski definition) is 1. The van der Waals surface area contributed by atoms with E-state index in [2.05, 4.69) is 4.98 Å². The maximum atomic E-state index is 13.8. The Labute approximate surface area is 212 Å². The highest BCUT2D eigenvalue weighted by atomic mass is 35.5. The van der Waals surface area contributed by atoms with Crippen molar-refractivity contribution >= 4 is 23.7 Å². The van der Waals surface area contributed by atoms with Crippen molar-refractivity contribution in [3.05, 3.63) is 71.0 Å². The van der Waals surface area contributed by atoms with Crippen molar-refractivity contribution in [2.24, 2.45) is 5.92 Å². The van der Waals surface area contributed by atoms with E-state index in [1.807, 2.05) is 0 Å². The number of halogens is 2. The Hall–Kier alpha value is -3.79. The van der Waals surface area contributed by atoms with Gasteiger partial charge in [-0.15, -0.1) is 0 Å². The summed E-state index contributed by atoms with van der Waals surface area (Å²) in [7, 11) is 3.04. The number of amides is 1. The molecule has 0 spiro atoms. The van der Waals surface area contributed by atoms with E-state index in [4.69, 9.17) is 25.8 Å². The van der Waals surface area contributed by atoms with Gasteiger partial charge in [0.25, 0.3) is 0 Å². The van der Waals surface area contributed by atoms with Gasteiger partial charge in [0.2, 0.25) is 5.91 Å². The minimum Gasteiger partial charge on any atom is -0.497 e. The third-order valence-electron chi connectivity index (χ3n) is 6.61. The van der Waals surface area contributed by atoms with Crippen LogP contribution in [0.2, 0.25) is 5.02 Å². The van der Waals surface area contributed by atoms with Gasteiger partial charge in [-0.05, 0) is 44.2 Å². The third kappa shape index (κ3) is 4.32. The average Bonchev–Trinajstić information content (AvgIpc) is 3.38. The Morgan fingerprint density at radius 1 is 1.22 bits per heavy atom. The smallest absolute Gasteiger partial charge is 0.497 e. The van der Waals surface area contributed by atoms with E-state index >= 15 is 0 Å². The van der Waals surface area contributed by atoms with Gasteiger partial charge in [0.1, 0.15) is 29.2 Å². The highest BCUT2D eigenvalue weighted by Crippen LogP contribution is 2.48. The van der Waals surface area contributed by atoms with E-state index < -0.39 is 29.5 Å². The van der Waals surface area contributed by atoms with E-state index in [0.717, 1.165) is 0 Å². The fraction of sp³-hybridized carbons (Fsp3) is 0.320. The van der Waals surface area contributed by atoms with Crippen LogP contribution in [0.15, 0.2) is 48.8 Å². The molecule has 1 aromatic heterocycles. The highest BCUT2D eigenvalue weighted by Gasteiger charge is 2.59. The molecule has 1 aliphatic rings. The van der Waals surface area contributed by atoms with Crippen LogP contribution >= 0.6 is 11.6 Å². The molecule has 3 aromatic rings. The van der Waals surface area contributed by atoms with Gasteiger partial charge in [0, 0.05) is 29.7 Å². The van der Waals surface area contributed by atoms with Crippen molar-refractivity contribution in [3.8, 4) is 17.2 Å². The molecule has 2 aromatic carbocycles. The van der Waals surface area contributed by atoms with Crippen molar-refractivity contribution in [2.75, 3.05) is 14.2 Å². The zero-order valence-corrected chi connectivity index (χ0v) is 20.8. The van der Waals surface area contributed by atoms with Crippen molar-refractivity contribution in [1.82, 2.24) is 14.5 Å². The second-order valence-corrected chi connectivity index (χ2v) is 8.98. The first kappa shape index (κ1) is 25.3. The summed E-state index contributed by atoms with van der Waals surface area (Å²) in [4.78, 5) is 31.3. The molecule has 1 aliphatic heterocycles. The molecule has 3 atom stereocenters. The van der Waals surface area contributed by atoms with Crippen molar-refractivity contribution in [3.63, 3.8) is 0 Å². The van der Waals surface area contributed by atoms with E-state index in [-0.39, 0.29) is 17.5 Å². The first-order valence-electron chi connectivity index (χ1n) is 11.0. The predicted molar refractivity (Wildman–Crippen MR) is 128 cm³/mol. The minimum absolute atomic E-state index is 0.0800. The first-order chi connectivity index (χ1) is 17.1. The molecule has 1 N–H and O–H groups in total. The topological polar surface area (TPSA) is 103 Å². The van der Waals surface area contributed by atoms with E-state index in [9.17, 15) is 19.1 Å². The molecule has 1 saturated heterocycles. The number of carbonyl (C=O) groups excluding carboxylic acids is 1. The summed E-state index contributed by atoms with van der Waals surface area (Å²) in [5, 5.41) is 9.46. The van der Waals surface area contributed by atoms with Gasteiger partial charge in [0.05, 0.1) is 31.7 Å². The number of carboxylic acid groups (broad SMARTS) is 1. The number of rotatable bonds is 7. The van der Waals surface area contributed by atoms with Crippen LogP contribution in [0.3, 0.4) is 0 Å². The molecule has 2 heterocycles. The maximum Gasteiger partial charge on any atom is 0.506 e. The lowest BCUT2D eigenvalue weighted by molar-refractivity contribution is -0.132. The number of carbonyl (C=O) groups is 2. The maximum absolute atomic E-state index is 13.8. The lowest BCUT2D eigenvalue weighted by atomic mass is 9.87. The quantitative estimate of drug-likeness (QED) is 0.447. The van der Waals surface area contributed by atoms with Gasteiger partial charge >= 0.3 is 6.16 Å². The Bertz CT molecular complexity index is 1310. The van der Waals surface area contributed by atoms with Crippen LogP contribution in [0.25, 0.3) is 5.69 Å². The summed E-state index contributed by atoms with van der Waals surface area (Å²) in [5.41, 5.74) is -0.331. The zero-order chi connectivity index (χ0) is 26.2. The number of methoxy groups -OCH3 is 2. The lowest BCUT2D eigenvalue weighted by Gasteiger charge is -2.35. The number of aromatic nitrogens is 2. The lowest BCUT2D eigenvalue weighted by Crippen LogP contribution is -2.42. The molecule has 0 aliphatic carbocycles. The van der Waals surface area contributed by atoms with Gasteiger partial charge in [0.15, 0.2) is 5.60 Å². The predicted octanol–water partition coefficient (Wildman–Crippen LogP) is 4.85. The van der Waals surface area contributed by atoms with Gasteiger partial charge < -0.3 is 28.8 Å². The van der Waals surface area contributed by atoms with Gasteiger partial charge in [-0.25, -0.2) is 14.2 Å². The summed E-state index contributed by atoms with van der Waals surface area (Å²) in [5.74, 6) is -0.338. The molecule has 1 unspecified atom stereocenters. The molecule has 1 amide bonds. The molecule has 9 nitrogen and oxygen atoms in total. The largest absolute Gasteiger partial charge is 0.506 e. The minimum atomic E-state index is -1.52. The van der Waals surface area contributed by atoms with Crippen LogP contribution < -0.4 is 9.47 Å². The van der Waals surface area contributed by atoms with Crippen molar-refractivity contribution in [1.29, 1.82) is 0 Å². The number of ether oxygens (including phenoxy) is 3. The highest BCUT2D eigenvalue weighted by molar-refractivity contribution is 6.30. The normalized spacial score (nSPS) is 21.5. The SMILES string of the molecule is COc1ccc(CN2C(=O)C(C)[C@@](C)(OC(=O)O)[C@H]2c2nccn2-c2ccc(F)c(Cl)c2)c(OC)c1. The van der Waals surface area contributed by atoms with Crippen LogP contribution in [0.1, 0.15) is 31.3 Å². The molecule has 0 bridgehead atoms. The molecule has 11 heteroatoms. The summed E-state index contributed by atoms with van der Waals surface area (Å²) in [6.45, 7) is 3.26. The molecule has 36 heavy (non-hydrogen) atoms. The summed E-state index contributed by atoms with van der Waals surface area (Å²) in [6.07, 6.45) is 1.61. The van der Waals surface area contributed by atoms with Crippen LogP contribution in [0.4, 0.5) is 9.18 Å². The number of benzene rings is 2. The first-order valence-corrected chi connectivity index (χ1v) is 11.4. The van der Waals surface area contributed by atoms with Gasteiger partial charge in [-0.3, -0.25) is 4.79 Å². The van der Waals surface area contributed by atoms with Crippen LogP contribution in [0, 0.1) is 11.7 Å². The van der Waals surface area contributed by atoms with Crippen LogP contribution in [0.5, 0.6) is 11.5 Å². The Morgan fingerprint density at radius 2 is 1.97 bits per heavy atom. The van der Waals surface area contributed by atoms with Crippen molar-refractivity contribution in [2.45, 2.75) is 32.0 Å². The number of nitrogens with zero attached hydrogens (tertiary/aromatic N) is 3.